The molecule has 1 aliphatic heterocycles. The van der Waals surface area contributed by atoms with Crippen LogP contribution in [-0.4, -0.2) is 52.4 Å². The van der Waals surface area contributed by atoms with E-state index in [1.807, 2.05) is 0 Å². The Morgan fingerprint density at radius 3 is 2.42 bits per heavy atom. The second-order valence-electron chi connectivity index (χ2n) is 3.12. The molecule has 0 radical (unpaired) electrons. The molecular weight excluding hydrogens is 162 g/mol. The monoisotopic (exact) mass is 177 g/mol. The van der Waals surface area contributed by atoms with E-state index >= 15 is 0 Å². The van der Waals surface area contributed by atoms with Gasteiger partial charge >= 0.3 is 0 Å². The van der Waals surface area contributed by atoms with E-state index in [1.165, 1.54) is 0 Å². The van der Waals surface area contributed by atoms with Crippen LogP contribution in [-0.2, 0) is 4.74 Å². The number of nitrogens with two attached hydrogens (primary N) is 1. The predicted molar refractivity (Wildman–Crippen MR) is 41.4 cm³/mol. The number of aliphatic hydroxyl groups excluding tert-OH is 3. The summed E-state index contributed by atoms with van der Waals surface area (Å²) in [6, 6.07) is -0.745. The standard InChI is InChI=1S/C7H15NO4/c1-3-6(10)5(8)7(11)4(2-9)12-3/h3-7,9-11H,2,8H2,1H3/t3?,4-,5?,6-,7?/m1/s1. The molecule has 5 atom stereocenters. The molecule has 3 unspecified atom stereocenters. The van der Waals surface area contributed by atoms with Gasteiger partial charge in [-0.15, -0.1) is 0 Å². The lowest BCUT2D eigenvalue weighted by Crippen LogP contribution is -2.61. The maximum atomic E-state index is 9.36. The van der Waals surface area contributed by atoms with Gasteiger partial charge in [0.2, 0.25) is 0 Å². The van der Waals surface area contributed by atoms with Gasteiger partial charge in [0.25, 0.3) is 0 Å². The molecule has 0 aromatic heterocycles. The van der Waals surface area contributed by atoms with Crippen molar-refractivity contribution in [1.29, 1.82) is 0 Å². The van der Waals surface area contributed by atoms with Gasteiger partial charge in [0.05, 0.1) is 24.9 Å². The van der Waals surface area contributed by atoms with E-state index in [-0.39, 0.29) is 6.61 Å². The minimum Gasteiger partial charge on any atom is -0.394 e. The Bertz CT molecular complexity index is 150. The smallest absolute Gasteiger partial charge is 0.108 e. The molecule has 1 heterocycles. The zero-order chi connectivity index (χ0) is 9.30. The highest BCUT2D eigenvalue weighted by Gasteiger charge is 2.39. The molecule has 5 nitrogen and oxygen atoms in total. The second-order valence-corrected chi connectivity index (χ2v) is 3.12. The van der Waals surface area contributed by atoms with Crippen molar-refractivity contribution in [3.05, 3.63) is 0 Å². The maximum absolute atomic E-state index is 9.36. The van der Waals surface area contributed by atoms with Crippen LogP contribution in [0.3, 0.4) is 0 Å². The van der Waals surface area contributed by atoms with Crippen LogP contribution in [0.2, 0.25) is 0 Å². The molecule has 0 aromatic rings. The average Bonchev–Trinajstić information content (AvgIpc) is 2.08. The molecule has 0 aromatic carbocycles. The first kappa shape index (κ1) is 9.88. The minimum absolute atomic E-state index is 0.286. The van der Waals surface area contributed by atoms with Crippen molar-refractivity contribution in [2.45, 2.75) is 37.4 Å². The molecule has 5 heteroatoms. The van der Waals surface area contributed by atoms with Crippen LogP contribution >= 0.6 is 0 Å². The van der Waals surface area contributed by atoms with Crippen molar-refractivity contribution < 1.29 is 20.1 Å². The summed E-state index contributed by atoms with van der Waals surface area (Å²) >= 11 is 0. The normalized spacial score (nSPS) is 49.2. The van der Waals surface area contributed by atoms with Crippen LogP contribution < -0.4 is 5.73 Å². The molecule has 1 saturated heterocycles. The predicted octanol–water partition coefficient (Wildman–Crippen LogP) is -2.18. The Morgan fingerprint density at radius 2 is 1.92 bits per heavy atom. The molecule has 0 bridgehead atoms. The lowest BCUT2D eigenvalue weighted by Gasteiger charge is -2.39. The van der Waals surface area contributed by atoms with Crippen molar-refractivity contribution in [3.8, 4) is 0 Å². The second kappa shape index (κ2) is 3.68. The Labute approximate surface area is 70.8 Å². The highest BCUT2D eigenvalue weighted by molar-refractivity contribution is 4.92. The van der Waals surface area contributed by atoms with Gasteiger partial charge in [-0.05, 0) is 6.92 Å². The van der Waals surface area contributed by atoms with E-state index < -0.39 is 30.5 Å². The third kappa shape index (κ3) is 1.60. The van der Waals surface area contributed by atoms with E-state index in [9.17, 15) is 10.2 Å². The largest absolute Gasteiger partial charge is 0.394 e. The summed E-state index contributed by atoms with van der Waals surface area (Å²) in [5.41, 5.74) is 5.49. The first-order valence-electron chi connectivity index (χ1n) is 3.96. The van der Waals surface area contributed by atoms with Crippen LogP contribution in [0.25, 0.3) is 0 Å². The fraction of sp³-hybridized carbons (Fsp3) is 1.00. The summed E-state index contributed by atoms with van der Waals surface area (Å²) in [5, 5.41) is 27.5. The van der Waals surface area contributed by atoms with E-state index in [1.54, 1.807) is 6.92 Å². The topological polar surface area (TPSA) is 95.9 Å². The lowest BCUT2D eigenvalue weighted by atomic mass is 9.94. The van der Waals surface area contributed by atoms with E-state index in [4.69, 9.17) is 15.6 Å². The van der Waals surface area contributed by atoms with Gasteiger partial charge in [0.1, 0.15) is 12.2 Å². The van der Waals surface area contributed by atoms with Crippen LogP contribution in [0.4, 0.5) is 0 Å². The summed E-state index contributed by atoms with van der Waals surface area (Å²) < 4.78 is 5.10. The van der Waals surface area contributed by atoms with Crippen LogP contribution in [0.5, 0.6) is 0 Å². The highest BCUT2D eigenvalue weighted by atomic mass is 16.5. The summed E-state index contributed by atoms with van der Waals surface area (Å²) in [6.45, 7) is 1.37. The molecule has 5 N–H and O–H groups in total. The Morgan fingerprint density at radius 1 is 1.33 bits per heavy atom. The van der Waals surface area contributed by atoms with Gasteiger partial charge < -0.3 is 25.8 Å². The van der Waals surface area contributed by atoms with E-state index in [0.29, 0.717) is 0 Å². The Balaban J connectivity index is 2.63. The van der Waals surface area contributed by atoms with Crippen molar-refractivity contribution >= 4 is 0 Å². The van der Waals surface area contributed by atoms with Crippen LogP contribution in [0.1, 0.15) is 6.92 Å². The number of rotatable bonds is 1. The lowest BCUT2D eigenvalue weighted by molar-refractivity contribution is -0.182. The first-order chi connectivity index (χ1) is 5.57. The number of ether oxygens (including phenoxy) is 1. The number of hydrogen-bond donors (Lipinski definition) is 4. The number of aliphatic hydroxyl groups is 3. The van der Waals surface area contributed by atoms with Crippen molar-refractivity contribution in [2.75, 3.05) is 6.61 Å². The van der Waals surface area contributed by atoms with Gasteiger partial charge in [-0.25, -0.2) is 0 Å². The SMILES string of the molecule is CC1O[C@H](CO)C(O)C(N)[C@@H]1O. The van der Waals surface area contributed by atoms with Gasteiger partial charge in [0, 0.05) is 0 Å². The van der Waals surface area contributed by atoms with E-state index in [2.05, 4.69) is 0 Å². The molecular formula is C7H15NO4. The summed E-state index contributed by atoms with van der Waals surface area (Å²) in [6.07, 6.45) is -3.00. The molecule has 1 fully saturated rings. The zero-order valence-electron chi connectivity index (χ0n) is 6.92. The molecule has 0 saturated carbocycles. The Kier molecular flexibility index (Phi) is 3.03. The van der Waals surface area contributed by atoms with Crippen molar-refractivity contribution in [2.24, 2.45) is 5.73 Å². The summed E-state index contributed by atoms with van der Waals surface area (Å²) in [4.78, 5) is 0. The van der Waals surface area contributed by atoms with Crippen molar-refractivity contribution in [3.63, 3.8) is 0 Å². The molecule has 1 aliphatic rings. The van der Waals surface area contributed by atoms with Crippen LogP contribution in [0, 0.1) is 0 Å². The quantitative estimate of drug-likeness (QED) is 0.365. The third-order valence-electron chi connectivity index (χ3n) is 2.22. The average molecular weight is 177 g/mol. The van der Waals surface area contributed by atoms with E-state index in [0.717, 1.165) is 0 Å². The van der Waals surface area contributed by atoms with Gasteiger partial charge in [0.15, 0.2) is 0 Å². The van der Waals surface area contributed by atoms with Gasteiger partial charge in [-0.2, -0.15) is 0 Å². The summed E-state index contributed by atoms with van der Waals surface area (Å²) in [7, 11) is 0. The molecule has 12 heavy (non-hydrogen) atoms. The van der Waals surface area contributed by atoms with Crippen LogP contribution in [0.15, 0.2) is 0 Å². The fourth-order valence-corrected chi connectivity index (χ4v) is 1.35. The third-order valence-corrected chi connectivity index (χ3v) is 2.22. The molecule has 0 amide bonds. The molecule has 1 rings (SSSR count). The molecule has 72 valence electrons. The molecule has 0 aliphatic carbocycles. The van der Waals surface area contributed by atoms with Gasteiger partial charge in [-0.3, -0.25) is 0 Å². The van der Waals surface area contributed by atoms with Crippen molar-refractivity contribution in [1.82, 2.24) is 0 Å². The minimum atomic E-state index is -0.999. The molecule has 0 spiro atoms. The fourth-order valence-electron chi connectivity index (χ4n) is 1.35. The zero-order valence-corrected chi connectivity index (χ0v) is 6.92. The maximum Gasteiger partial charge on any atom is 0.108 e. The number of hydrogen-bond acceptors (Lipinski definition) is 5. The Hall–Kier alpha value is -0.200. The summed E-state index contributed by atoms with van der Waals surface area (Å²) in [5.74, 6) is 0. The first-order valence-corrected chi connectivity index (χ1v) is 3.96. The highest BCUT2D eigenvalue weighted by Crippen LogP contribution is 2.18. The van der Waals surface area contributed by atoms with Gasteiger partial charge in [-0.1, -0.05) is 0 Å².